The van der Waals surface area contributed by atoms with E-state index < -0.39 is 23.8 Å². The summed E-state index contributed by atoms with van der Waals surface area (Å²) in [7, 11) is 0. The second-order valence-electron chi connectivity index (χ2n) is 6.11. The van der Waals surface area contributed by atoms with E-state index in [9.17, 15) is 22.4 Å². The van der Waals surface area contributed by atoms with Crippen molar-refractivity contribution in [2.24, 2.45) is 0 Å². The lowest BCUT2D eigenvalue weighted by molar-refractivity contribution is -0.157. The summed E-state index contributed by atoms with van der Waals surface area (Å²) in [6.45, 7) is 3.35. The third-order valence-corrected chi connectivity index (χ3v) is 4.13. The average molecular weight is 392 g/mol. The van der Waals surface area contributed by atoms with Crippen LogP contribution in [-0.4, -0.2) is 10.9 Å². The number of hydrogen-bond donors (Lipinski definition) is 1. The van der Waals surface area contributed by atoms with Crippen molar-refractivity contribution in [3.8, 4) is 11.3 Å². The minimum atomic E-state index is -4.76. The minimum Gasteiger partial charge on any atom is -0.437 e. The SMILES string of the molecule is CCc1oc(C(F)(F)F)nc1-c1ccc(NC(=O)c2ccccc2C)cc1F. The molecule has 1 heterocycles. The van der Waals surface area contributed by atoms with Crippen LogP contribution in [0.15, 0.2) is 46.9 Å². The third kappa shape index (κ3) is 3.90. The van der Waals surface area contributed by atoms with Crippen molar-refractivity contribution >= 4 is 11.6 Å². The van der Waals surface area contributed by atoms with Crippen LogP contribution in [0.5, 0.6) is 0 Å². The number of nitrogens with zero attached hydrogens (tertiary/aromatic N) is 1. The highest BCUT2D eigenvalue weighted by Gasteiger charge is 2.38. The third-order valence-electron chi connectivity index (χ3n) is 4.13. The maximum absolute atomic E-state index is 14.6. The lowest BCUT2D eigenvalue weighted by Crippen LogP contribution is -2.13. The largest absolute Gasteiger partial charge is 0.468 e. The molecule has 0 aliphatic rings. The Morgan fingerprint density at radius 1 is 1.18 bits per heavy atom. The summed E-state index contributed by atoms with van der Waals surface area (Å²) < 4.78 is 57.8. The molecule has 146 valence electrons. The average Bonchev–Trinajstić information content (AvgIpc) is 3.06. The maximum atomic E-state index is 14.6. The number of halogens is 4. The molecule has 0 unspecified atom stereocenters. The van der Waals surface area contributed by atoms with Crippen molar-refractivity contribution in [2.75, 3.05) is 5.32 Å². The molecule has 3 aromatic rings. The Morgan fingerprint density at radius 3 is 2.50 bits per heavy atom. The summed E-state index contributed by atoms with van der Waals surface area (Å²) in [6.07, 6.45) is -4.65. The van der Waals surface area contributed by atoms with Gasteiger partial charge in [0.2, 0.25) is 0 Å². The van der Waals surface area contributed by atoms with Crippen molar-refractivity contribution in [3.05, 3.63) is 71.1 Å². The highest BCUT2D eigenvalue weighted by Crippen LogP contribution is 2.35. The van der Waals surface area contributed by atoms with E-state index in [1.807, 2.05) is 0 Å². The van der Waals surface area contributed by atoms with Gasteiger partial charge in [-0.1, -0.05) is 25.1 Å². The number of oxazole rings is 1. The van der Waals surface area contributed by atoms with Crippen LogP contribution in [0.1, 0.15) is 34.5 Å². The Morgan fingerprint density at radius 2 is 1.89 bits per heavy atom. The first kappa shape index (κ1) is 19.6. The molecule has 0 spiro atoms. The summed E-state index contributed by atoms with van der Waals surface area (Å²) >= 11 is 0. The summed E-state index contributed by atoms with van der Waals surface area (Å²) in [5, 5.41) is 2.57. The van der Waals surface area contributed by atoms with Gasteiger partial charge in [-0.05, 0) is 36.8 Å². The topological polar surface area (TPSA) is 55.1 Å². The molecule has 0 saturated carbocycles. The van der Waals surface area contributed by atoms with Crippen LogP contribution in [0.2, 0.25) is 0 Å². The minimum absolute atomic E-state index is 0.0667. The number of hydrogen-bond acceptors (Lipinski definition) is 3. The van der Waals surface area contributed by atoms with Crippen molar-refractivity contribution < 1.29 is 26.8 Å². The number of carbonyl (C=O) groups is 1. The van der Waals surface area contributed by atoms with E-state index in [2.05, 4.69) is 10.3 Å². The van der Waals surface area contributed by atoms with Gasteiger partial charge in [-0.3, -0.25) is 4.79 Å². The molecule has 28 heavy (non-hydrogen) atoms. The van der Waals surface area contributed by atoms with Crippen LogP contribution in [-0.2, 0) is 12.6 Å². The van der Waals surface area contributed by atoms with Crippen LogP contribution >= 0.6 is 0 Å². The molecule has 0 atom stereocenters. The summed E-state index contributed by atoms with van der Waals surface area (Å²) in [4.78, 5) is 15.7. The molecule has 4 nitrogen and oxygen atoms in total. The number of amides is 1. The summed E-state index contributed by atoms with van der Waals surface area (Å²) in [5.41, 5.74) is 1.03. The van der Waals surface area contributed by atoms with E-state index in [-0.39, 0.29) is 29.1 Å². The summed E-state index contributed by atoms with van der Waals surface area (Å²) in [5.74, 6) is -2.72. The molecule has 8 heteroatoms. The summed E-state index contributed by atoms with van der Waals surface area (Å²) in [6, 6.07) is 10.6. The number of nitrogens with one attached hydrogen (secondary N) is 1. The van der Waals surface area contributed by atoms with Crippen molar-refractivity contribution in [2.45, 2.75) is 26.4 Å². The molecular formula is C20H16F4N2O2. The molecule has 2 aromatic carbocycles. The number of anilines is 1. The fraction of sp³-hybridized carbons (Fsp3) is 0.200. The number of carbonyl (C=O) groups excluding carboxylic acids is 1. The van der Waals surface area contributed by atoms with E-state index in [4.69, 9.17) is 4.42 Å². The number of aromatic nitrogens is 1. The predicted molar refractivity (Wildman–Crippen MR) is 95.4 cm³/mol. The second kappa shape index (κ2) is 7.46. The monoisotopic (exact) mass is 392 g/mol. The van der Waals surface area contributed by atoms with Gasteiger partial charge in [0, 0.05) is 23.2 Å². The first-order chi connectivity index (χ1) is 13.2. The first-order valence-electron chi connectivity index (χ1n) is 8.44. The molecule has 0 saturated heterocycles. The van der Waals surface area contributed by atoms with Gasteiger partial charge in [-0.2, -0.15) is 13.2 Å². The van der Waals surface area contributed by atoms with E-state index in [0.717, 1.165) is 11.6 Å². The van der Waals surface area contributed by atoms with Gasteiger partial charge < -0.3 is 9.73 Å². The highest BCUT2D eigenvalue weighted by molar-refractivity contribution is 6.05. The van der Waals surface area contributed by atoms with E-state index >= 15 is 0 Å². The molecule has 0 fully saturated rings. The van der Waals surface area contributed by atoms with Crippen LogP contribution in [0.3, 0.4) is 0 Å². The zero-order valence-corrected chi connectivity index (χ0v) is 15.0. The Hall–Kier alpha value is -3.16. The van der Waals surface area contributed by atoms with Crippen LogP contribution in [0.25, 0.3) is 11.3 Å². The Labute approximate surface area is 158 Å². The molecule has 3 rings (SSSR count). The Balaban J connectivity index is 1.90. The van der Waals surface area contributed by atoms with E-state index in [1.54, 1.807) is 38.1 Å². The van der Waals surface area contributed by atoms with Crippen LogP contribution in [0, 0.1) is 12.7 Å². The predicted octanol–water partition coefficient (Wildman–Crippen LogP) is 5.62. The van der Waals surface area contributed by atoms with Gasteiger partial charge in [-0.25, -0.2) is 9.37 Å². The van der Waals surface area contributed by atoms with Gasteiger partial charge in [0.1, 0.15) is 17.3 Å². The Bertz CT molecular complexity index is 1030. The van der Waals surface area contributed by atoms with Crippen LogP contribution in [0.4, 0.5) is 23.2 Å². The van der Waals surface area contributed by atoms with Gasteiger partial charge >= 0.3 is 12.1 Å². The zero-order valence-electron chi connectivity index (χ0n) is 15.0. The van der Waals surface area contributed by atoms with Crippen LogP contribution < -0.4 is 5.32 Å². The normalized spacial score (nSPS) is 11.5. The highest BCUT2D eigenvalue weighted by atomic mass is 19.4. The van der Waals surface area contributed by atoms with Gasteiger partial charge in [-0.15, -0.1) is 0 Å². The lowest BCUT2D eigenvalue weighted by atomic mass is 10.1. The Kier molecular flexibility index (Phi) is 5.22. The van der Waals surface area contributed by atoms with Gasteiger partial charge in [0.25, 0.3) is 5.91 Å². The second-order valence-corrected chi connectivity index (χ2v) is 6.11. The smallest absolute Gasteiger partial charge is 0.437 e. The fourth-order valence-electron chi connectivity index (χ4n) is 2.73. The first-order valence-corrected chi connectivity index (χ1v) is 8.44. The molecule has 0 radical (unpaired) electrons. The van der Waals surface area contributed by atoms with Gasteiger partial charge in [0.05, 0.1) is 0 Å². The maximum Gasteiger partial charge on any atom is 0.468 e. The number of rotatable bonds is 4. The van der Waals surface area contributed by atoms with E-state index in [1.165, 1.54) is 12.1 Å². The van der Waals surface area contributed by atoms with Crippen molar-refractivity contribution in [3.63, 3.8) is 0 Å². The molecule has 1 amide bonds. The lowest BCUT2D eigenvalue weighted by Gasteiger charge is -2.09. The zero-order chi connectivity index (χ0) is 20.5. The number of alkyl halides is 3. The molecule has 1 aromatic heterocycles. The van der Waals surface area contributed by atoms with E-state index in [0.29, 0.717) is 5.56 Å². The fourth-order valence-corrected chi connectivity index (χ4v) is 2.73. The molecule has 0 aliphatic heterocycles. The van der Waals surface area contributed by atoms with Gasteiger partial charge in [0.15, 0.2) is 0 Å². The molecule has 1 N–H and O–H groups in total. The molecular weight excluding hydrogens is 376 g/mol. The molecule has 0 bridgehead atoms. The quantitative estimate of drug-likeness (QED) is 0.586. The number of aryl methyl sites for hydroxylation is 2. The number of benzene rings is 2. The van der Waals surface area contributed by atoms with Crippen molar-refractivity contribution in [1.29, 1.82) is 0 Å². The van der Waals surface area contributed by atoms with Crippen molar-refractivity contribution in [1.82, 2.24) is 4.98 Å². The standard InChI is InChI=1S/C20H16F4N2O2/c1-3-16-17(26-19(28-16)20(22,23)24)14-9-8-12(10-15(14)21)25-18(27)13-7-5-4-6-11(13)2/h4-10H,3H2,1-2H3,(H,25,27). The molecule has 0 aliphatic carbocycles.